The van der Waals surface area contributed by atoms with Crippen molar-refractivity contribution in [2.24, 2.45) is 10.6 Å². The molecule has 0 aromatic carbocycles. The summed E-state index contributed by atoms with van der Waals surface area (Å²) in [6.07, 6.45) is 2.66. The molecule has 0 aliphatic heterocycles. The number of H-pyrrole nitrogens is 1. The number of aromatic amines is 1. The lowest BCUT2D eigenvalue weighted by atomic mass is 9.90. The van der Waals surface area contributed by atoms with Gasteiger partial charge in [0, 0.05) is 12.5 Å². The van der Waals surface area contributed by atoms with Crippen LogP contribution in [0, 0.1) is 5.41 Å². The van der Waals surface area contributed by atoms with Crippen LogP contribution < -0.4 is 10.5 Å². The first kappa shape index (κ1) is 16.0. The van der Waals surface area contributed by atoms with Crippen molar-refractivity contribution in [3.05, 3.63) is 11.4 Å². The van der Waals surface area contributed by atoms with E-state index in [0.29, 0.717) is 12.2 Å². The number of rotatable bonds is 6. The number of aromatic nitrogens is 2. The Morgan fingerprint density at radius 1 is 1.48 bits per heavy atom. The smallest absolute Gasteiger partial charge is 0.273 e. The van der Waals surface area contributed by atoms with Crippen LogP contribution in [0.25, 0.3) is 0 Å². The van der Waals surface area contributed by atoms with Gasteiger partial charge in [0.1, 0.15) is 4.90 Å². The number of hydrogen-bond donors (Lipinski definition) is 3. The zero-order valence-electron chi connectivity index (χ0n) is 12.6. The monoisotopic (exact) mass is 314 g/mol. The van der Waals surface area contributed by atoms with Crippen molar-refractivity contribution in [3.8, 4) is 0 Å². The lowest BCUT2D eigenvalue weighted by Gasteiger charge is -2.22. The number of primary sulfonamides is 1. The Morgan fingerprint density at radius 3 is 2.57 bits per heavy atom. The summed E-state index contributed by atoms with van der Waals surface area (Å²) in [4.78, 5) is 12.1. The third-order valence-electron chi connectivity index (χ3n) is 3.92. The van der Waals surface area contributed by atoms with E-state index in [0.717, 1.165) is 19.3 Å². The predicted molar refractivity (Wildman–Crippen MR) is 78.3 cm³/mol. The van der Waals surface area contributed by atoms with Gasteiger partial charge in [-0.15, -0.1) is 0 Å². The van der Waals surface area contributed by atoms with E-state index in [9.17, 15) is 13.2 Å². The molecule has 0 bridgehead atoms. The van der Waals surface area contributed by atoms with Gasteiger partial charge in [-0.2, -0.15) is 5.10 Å². The first-order chi connectivity index (χ1) is 9.65. The van der Waals surface area contributed by atoms with Crippen molar-refractivity contribution in [3.63, 3.8) is 0 Å². The molecule has 0 atom stereocenters. The Bertz CT molecular complexity index is 644. The molecule has 7 nitrogen and oxygen atoms in total. The van der Waals surface area contributed by atoms with Crippen LogP contribution in [0.15, 0.2) is 4.90 Å². The van der Waals surface area contributed by atoms with E-state index in [-0.39, 0.29) is 21.9 Å². The Kier molecular flexibility index (Phi) is 4.12. The molecule has 1 aliphatic carbocycles. The maximum Gasteiger partial charge on any atom is 0.273 e. The molecular weight excluding hydrogens is 292 g/mol. The summed E-state index contributed by atoms with van der Waals surface area (Å²) in [5.41, 5.74) is 0.260. The summed E-state index contributed by atoms with van der Waals surface area (Å²) in [5.74, 6) is -0.400. The molecule has 0 spiro atoms. The molecule has 1 aromatic rings. The van der Waals surface area contributed by atoms with Crippen molar-refractivity contribution >= 4 is 15.9 Å². The largest absolute Gasteiger partial charge is 0.350 e. The number of carbonyl (C=O) groups is 1. The number of amides is 1. The third kappa shape index (κ3) is 3.62. The second-order valence-corrected chi connectivity index (χ2v) is 7.83. The Morgan fingerprint density at radius 2 is 2.10 bits per heavy atom. The molecule has 0 radical (unpaired) electrons. The number of sulfonamides is 1. The summed E-state index contributed by atoms with van der Waals surface area (Å²) in [7, 11) is -3.98. The third-order valence-corrected chi connectivity index (χ3v) is 4.90. The summed E-state index contributed by atoms with van der Waals surface area (Å²) < 4.78 is 23.5. The van der Waals surface area contributed by atoms with Gasteiger partial charge in [-0.1, -0.05) is 20.8 Å². The fraction of sp³-hybridized carbons (Fsp3) is 0.692. The summed E-state index contributed by atoms with van der Waals surface area (Å²) in [5, 5.41) is 14.5. The van der Waals surface area contributed by atoms with Crippen LogP contribution >= 0.6 is 0 Å². The van der Waals surface area contributed by atoms with Gasteiger partial charge in [0.05, 0.1) is 5.69 Å². The van der Waals surface area contributed by atoms with Crippen LogP contribution in [0.4, 0.5) is 0 Å². The average Bonchev–Trinajstić information content (AvgIpc) is 3.13. The van der Waals surface area contributed by atoms with Crippen molar-refractivity contribution in [1.82, 2.24) is 15.5 Å². The summed E-state index contributed by atoms with van der Waals surface area (Å²) in [6, 6.07) is 0. The van der Waals surface area contributed by atoms with E-state index in [4.69, 9.17) is 5.14 Å². The number of carbonyl (C=O) groups excluding carboxylic acids is 1. The van der Waals surface area contributed by atoms with Crippen LogP contribution in [0.1, 0.15) is 62.1 Å². The summed E-state index contributed by atoms with van der Waals surface area (Å²) in [6.45, 7) is 6.52. The highest BCUT2D eigenvalue weighted by atomic mass is 32.2. The van der Waals surface area contributed by atoms with Gasteiger partial charge >= 0.3 is 0 Å². The summed E-state index contributed by atoms with van der Waals surface area (Å²) >= 11 is 0. The lowest BCUT2D eigenvalue weighted by molar-refractivity contribution is 0.0927. The maximum absolute atomic E-state index is 12.2. The molecule has 1 heterocycles. The van der Waals surface area contributed by atoms with Gasteiger partial charge in [0.25, 0.3) is 5.91 Å². The first-order valence-electron chi connectivity index (χ1n) is 7.05. The van der Waals surface area contributed by atoms with Crippen LogP contribution in [0.3, 0.4) is 0 Å². The van der Waals surface area contributed by atoms with Crippen molar-refractivity contribution in [2.45, 2.75) is 50.8 Å². The molecule has 1 saturated carbocycles. The normalized spacial score (nSPS) is 16.0. The molecule has 2 rings (SSSR count). The van der Waals surface area contributed by atoms with E-state index >= 15 is 0 Å². The molecule has 8 heteroatoms. The van der Waals surface area contributed by atoms with Crippen molar-refractivity contribution in [2.75, 3.05) is 6.54 Å². The minimum Gasteiger partial charge on any atom is -0.350 e. The molecule has 1 aliphatic rings. The molecular formula is C13H22N4O3S. The Balaban J connectivity index is 2.26. The highest BCUT2D eigenvalue weighted by molar-refractivity contribution is 7.89. The number of nitrogens with two attached hydrogens (primary N) is 1. The average molecular weight is 314 g/mol. The second kappa shape index (κ2) is 5.42. The predicted octanol–water partition coefficient (Wildman–Crippen LogP) is 1.10. The quantitative estimate of drug-likeness (QED) is 0.728. The van der Waals surface area contributed by atoms with Gasteiger partial charge in [-0.3, -0.25) is 9.89 Å². The highest BCUT2D eigenvalue weighted by Crippen LogP contribution is 2.42. The van der Waals surface area contributed by atoms with Crippen LogP contribution in [0.5, 0.6) is 0 Å². The van der Waals surface area contributed by atoms with Crippen molar-refractivity contribution in [1.29, 1.82) is 0 Å². The Hall–Kier alpha value is -1.41. The molecule has 21 heavy (non-hydrogen) atoms. The van der Waals surface area contributed by atoms with Gasteiger partial charge in [0.15, 0.2) is 5.69 Å². The lowest BCUT2D eigenvalue weighted by Crippen LogP contribution is -2.34. The number of nitrogens with one attached hydrogen (secondary N) is 2. The topological polar surface area (TPSA) is 118 Å². The standard InChI is InChI=1S/C13H22N4O3S/c1-4-13(2,3)7-15-12(18)10-11(21(14,19)20)9(16-17-10)8-5-6-8/h8H,4-7H2,1-3H3,(H,15,18)(H,16,17)(H2,14,19,20). The zero-order chi connectivity index (χ0) is 15.8. The van der Waals surface area contributed by atoms with Gasteiger partial charge < -0.3 is 5.32 Å². The molecule has 4 N–H and O–H groups in total. The minimum atomic E-state index is -3.98. The molecule has 118 valence electrons. The van der Waals surface area contributed by atoms with Crippen LogP contribution in [0.2, 0.25) is 0 Å². The highest BCUT2D eigenvalue weighted by Gasteiger charge is 2.36. The second-order valence-electron chi connectivity index (χ2n) is 6.33. The van der Waals surface area contributed by atoms with E-state index in [2.05, 4.69) is 15.5 Å². The fourth-order valence-electron chi connectivity index (χ4n) is 1.96. The fourth-order valence-corrected chi connectivity index (χ4v) is 2.89. The maximum atomic E-state index is 12.2. The van der Waals surface area contributed by atoms with Crippen LogP contribution in [-0.2, 0) is 10.0 Å². The van der Waals surface area contributed by atoms with E-state index < -0.39 is 15.9 Å². The molecule has 0 saturated heterocycles. The van der Waals surface area contributed by atoms with Crippen LogP contribution in [-0.4, -0.2) is 31.1 Å². The van der Waals surface area contributed by atoms with E-state index in [1.807, 2.05) is 20.8 Å². The molecule has 1 fully saturated rings. The SMILES string of the molecule is CCC(C)(C)CNC(=O)c1n[nH]c(C2CC2)c1S(N)(=O)=O. The molecule has 0 unspecified atom stereocenters. The number of hydrogen-bond acceptors (Lipinski definition) is 4. The van der Waals surface area contributed by atoms with Crippen molar-refractivity contribution < 1.29 is 13.2 Å². The minimum absolute atomic E-state index is 0.0625. The zero-order valence-corrected chi connectivity index (χ0v) is 13.4. The van der Waals surface area contributed by atoms with E-state index in [1.165, 1.54) is 0 Å². The first-order valence-corrected chi connectivity index (χ1v) is 8.59. The molecule has 1 amide bonds. The molecule has 1 aromatic heterocycles. The van der Waals surface area contributed by atoms with E-state index in [1.54, 1.807) is 0 Å². The van der Waals surface area contributed by atoms with Gasteiger partial charge in [-0.05, 0) is 24.7 Å². The van der Waals surface area contributed by atoms with Gasteiger partial charge in [0.2, 0.25) is 10.0 Å². The Labute approximate surface area is 124 Å². The number of nitrogens with zero attached hydrogens (tertiary/aromatic N) is 1. The van der Waals surface area contributed by atoms with Gasteiger partial charge in [-0.25, -0.2) is 13.6 Å².